The molecule has 1 unspecified atom stereocenters. The van der Waals surface area contributed by atoms with Crippen LogP contribution >= 0.6 is 11.8 Å². The van der Waals surface area contributed by atoms with Crippen LogP contribution in [0.4, 0.5) is 0 Å². The van der Waals surface area contributed by atoms with Crippen LogP contribution in [0.5, 0.6) is 5.75 Å². The van der Waals surface area contributed by atoms with Gasteiger partial charge in [-0.05, 0) is 36.1 Å². The molecular formula is C19H21N3O6S. The lowest BCUT2D eigenvalue weighted by atomic mass is 9.98. The number of carboxylic acid groups (broad SMARTS) is 1. The van der Waals surface area contributed by atoms with E-state index in [0.29, 0.717) is 23.5 Å². The molecule has 1 aromatic carbocycles. The van der Waals surface area contributed by atoms with Crippen LogP contribution < -0.4 is 11.1 Å². The largest absolute Gasteiger partial charge is 0.508 e. The van der Waals surface area contributed by atoms with Crippen molar-refractivity contribution >= 4 is 29.5 Å². The summed E-state index contributed by atoms with van der Waals surface area (Å²) < 4.78 is 5.62. The molecule has 0 saturated carbocycles. The first kappa shape index (κ1) is 19.7. The number of thioether (sulfide) groups is 1. The molecule has 0 bridgehead atoms. The molecule has 3 aliphatic heterocycles. The number of carboxylic acids is 1. The molecule has 10 heteroatoms. The van der Waals surface area contributed by atoms with Gasteiger partial charge < -0.3 is 26.0 Å². The predicted molar refractivity (Wildman–Crippen MR) is 104 cm³/mol. The minimum atomic E-state index is -1.17. The lowest BCUT2D eigenvalue weighted by Gasteiger charge is -2.50. The highest BCUT2D eigenvalue weighted by Gasteiger charge is 2.55. The van der Waals surface area contributed by atoms with Gasteiger partial charge in [0.05, 0.1) is 6.10 Å². The number of nitrogens with two attached hydrogens (primary N) is 1. The number of amides is 2. The van der Waals surface area contributed by atoms with Gasteiger partial charge in [-0.25, -0.2) is 4.79 Å². The van der Waals surface area contributed by atoms with Gasteiger partial charge in [0.2, 0.25) is 5.91 Å². The SMILES string of the molecule is N[C@@H](C(=O)N[C@@H]1C(=O)N2C(C(=O)O)=C(C3CCCO3)CS[C@H]12)c1ccc(O)cc1. The first-order chi connectivity index (χ1) is 13.9. The molecule has 0 aliphatic carbocycles. The second-order valence-electron chi connectivity index (χ2n) is 7.15. The van der Waals surface area contributed by atoms with E-state index in [-0.39, 0.29) is 17.6 Å². The monoisotopic (exact) mass is 419 g/mol. The lowest BCUT2D eigenvalue weighted by Crippen LogP contribution is -2.71. The van der Waals surface area contributed by atoms with Crippen molar-refractivity contribution < 1.29 is 29.3 Å². The van der Waals surface area contributed by atoms with Crippen molar-refractivity contribution in [1.82, 2.24) is 10.2 Å². The summed E-state index contributed by atoms with van der Waals surface area (Å²) in [6.45, 7) is 0.580. The first-order valence-corrected chi connectivity index (χ1v) is 10.3. The predicted octanol–water partition coefficient (Wildman–Crippen LogP) is 0.310. The summed E-state index contributed by atoms with van der Waals surface area (Å²) in [6.07, 6.45) is 1.32. The molecule has 0 spiro atoms. The zero-order valence-electron chi connectivity index (χ0n) is 15.4. The van der Waals surface area contributed by atoms with E-state index in [4.69, 9.17) is 10.5 Å². The molecule has 2 saturated heterocycles. The first-order valence-electron chi connectivity index (χ1n) is 9.26. The molecule has 3 aliphatic rings. The summed E-state index contributed by atoms with van der Waals surface area (Å²) >= 11 is 1.41. The summed E-state index contributed by atoms with van der Waals surface area (Å²) in [5, 5.41) is 21.2. The Hall–Kier alpha value is -2.56. The number of hydrogen-bond donors (Lipinski definition) is 4. The highest BCUT2D eigenvalue weighted by molar-refractivity contribution is 8.00. The van der Waals surface area contributed by atoms with E-state index < -0.39 is 35.2 Å². The Morgan fingerprint density at radius 2 is 2.03 bits per heavy atom. The van der Waals surface area contributed by atoms with E-state index >= 15 is 0 Å². The Kier molecular flexibility index (Phi) is 5.24. The van der Waals surface area contributed by atoms with Crippen LogP contribution in [0.15, 0.2) is 35.5 Å². The van der Waals surface area contributed by atoms with Crippen LogP contribution in [-0.4, -0.2) is 62.8 Å². The van der Waals surface area contributed by atoms with Crippen LogP contribution in [0.1, 0.15) is 24.4 Å². The van der Waals surface area contributed by atoms with E-state index in [2.05, 4.69) is 5.32 Å². The van der Waals surface area contributed by atoms with Gasteiger partial charge in [0.1, 0.15) is 28.9 Å². The quantitative estimate of drug-likeness (QED) is 0.500. The molecule has 0 aromatic heterocycles. The summed E-state index contributed by atoms with van der Waals surface area (Å²) in [7, 11) is 0. The van der Waals surface area contributed by atoms with Gasteiger partial charge in [0.25, 0.3) is 5.91 Å². The van der Waals surface area contributed by atoms with Gasteiger partial charge >= 0.3 is 5.97 Å². The van der Waals surface area contributed by atoms with E-state index in [0.717, 1.165) is 12.8 Å². The molecule has 29 heavy (non-hydrogen) atoms. The summed E-state index contributed by atoms with van der Waals surface area (Å²) in [6, 6.07) is 4.06. The number of nitrogens with one attached hydrogen (secondary N) is 1. The van der Waals surface area contributed by atoms with E-state index in [1.807, 2.05) is 0 Å². The third-order valence-corrected chi connectivity index (χ3v) is 6.65. The molecule has 2 amide bonds. The Morgan fingerprint density at radius 1 is 1.31 bits per heavy atom. The van der Waals surface area contributed by atoms with Crippen molar-refractivity contribution in [3.05, 3.63) is 41.1 Å². The number of benzene rings is 1. The Morgan fingerprint density at radius 3 is 2.66 bits per heavy atom. The van der Waals surface area contributed by atoms with Gasteiger partial charge in [-0.2, -0.15) is 0 Å². The van der Waals surface area contributed by atoms with Crippen LogP contribution in [0, 0.1) is 0 Å². The fraction of sp³-hybridized carbons (Fsp3) is 0.421. The molecule has 9 nitrogen and oxygen atoms in total. The van der Waals surface area contributed by atoms with Gasteiger partial charge in [-0.1, -0.05) is 12.1 Å². The van der Waals surface area contributed by atoms with Gasteiger partial charge in [0.15, 0.2) is 0 Å². The highest BCUT2D eigenvalue weighted by atomic mass is 32.2. The average Bonchev–Trinajstić information content (AvgIpc) is 3.25. The number of nitrogens with zero attached hydrogens (tertiary/aromatic N) is 1. The number of aromatic hydroxyl groups is 1. The van der Waals surface area contributed by atoms with Gasteiger partial charge in [-0.3, -0.25) is 14.5 Å². The van der Waals surface area contributed by atoms with Crippen LogP contribution in [0.3, 0.4) is 0 Å². The van der Waals surface area contributed by atoms with E-state index in [1.165, 1.54) is 40.9 Å². The number of phenolic OH excluding ortho intramolecular Hbond substituents is 1. The number of aliphatic carboxylic acids is 1. The Labute approximate surface area is 170 Å². The zero-order chi connectivity index (χ0) is 20.7. The van der Waals surface area contributed by atoms with Crippen molar-refractivity contribution in [2.24, 2.45) is 5.73 Å². The second-order valence-corrected chi connectivity index (χ2v) is 8.25. The van der Waals surface area contributed by atoms with Crippen LogP contribution in [0.2, 0.25) is 0 Å². The van der Waals surface area contributed by atoms with Gasteiger partial charge in [0, 0.05) is 12.4 Å². The average molecular weight is 419 g/mol. The van der Waals surface area contributed by atoms with E-state index in [9.17, 15) is 24.6 Å². The number of fused-ring (bicyclic) bond motifs is 1. The molecule has 4 atom stereocenters. The number of carbonyl (C=O) groups excluding carboxylic acids is 2. The maximum absolute atomic E-state index is 12.7. The fourth-order valence-corrected chi connectivity index (χ4v) is 5.23. The standard InChI is InChI=1S/C19H21N3O6S/c20-13(9-3-5-10(23)6-4-9)16(24)21-14-17(25)22-15(19(26)27)11(8-29-18(14)22)12-2-1-7-28-12/h3-6,12-14,18,23H,1-2,7-8,20H2,(H,21,24)(H,26,27)/t12?,13-,14-,18-/m1/s1. The molecule has 0 radical (unpaired) electrons. The topological polar surface area (TPSA) is 142 Å². The summed E-state index contributed by atoms with van der Waals surface area (Å²) in [5.74, 6) is -1.70. The summed E-state index contributed by atoms with van der Waals surface area (Å²) in [4.78, 5) is 38.3. The van der Waals surface area contributed by atoms with Crippen molar-refractivity contribution in [3.8, 4) is 5.75 Å². The Balaban J connectivity index is 1.49. The second kappa shape index (κ2) is 7.69. The minimum absolute atomic E-state index is 0.0287. The molecule has 154 valence electrons. The molecule has 3 heterocycles. The molecule has 2 fully saturated rings. The van der Waals surface area contributed by atoms with Crippen molar-refractivity contribution in [1.29, 1.82) is 0 Å². The van der Waals surface area contributed by atoms with Gasteiger partial charge in [-0.15, -0.1) is 11.8 Å². The number of phenols is 1. The number of rotatable bonds is 5. The van der Waals surface area contributed by atoms with Crippen molar-refractivity contribution in [2.45, 2.75) is 36.4 Å². The smallest absolute Gasteiger partial charge is 0.352 e. The molecule has 4 rings (SSSR count). The number of ether oxygens (including phenoxy) is 1. The normalized spacial score (nSPS) is 27.3. The summed E-state index contributed by atoms with van der Waals surface area (Å²) in [5.41, 5.74) is 7.05. The molecule has 1 aromatic rings. The zero-order valence-corrected chi connectivity index (χ0v) is 16.2. The third kappa shape index (κ3) is 3.47. The van der Waals surface area contributed by atoms with Crippen LogP contribution in [0.25, 0.3) is 0 Å². The van der Waals surface area contributed by atoms with Crippen LogP contribution in [-0.2, 0) is 19.1 Å². The van der Waals surface area contributed by atoms with E-state index in [1.54, 1.807) is 0 Å². The highest BCUT2D eigenvalue weighted by Crippen LogP contribution is 2.42. The number of carbonyl (C=O) groups is 3. The fourth-order valence-electron chi connectivity index (χ4n) is 3.82. The lowest BCUT2D eigenvalue weighted by molar-refractivity contribution is -0.151. The third-order valence-electron chi connectivity index (χ3n) is 5.35. The van der Waals surface area contributed by atoms with Crippen molar-refractivity contribution in [3.63, 3.8) is 0 Å². The number of β-lactam (4-membered cyclic amide) rings is 1. The number of hydrogen-bond acceptors (Lipinski definition) is 7. The maximum Gasteiger partial charge on any atom is 0.352 e. The van der Waals surface area contributed by atoms with Crippen molar-refractivity contribution in [2.75, 3.05) is 12.4 Å². The molecular weight excluding hydrogens is 398 g/mol. The molecule has 5 N–H and O–H groups in total. The minimum Gasteiger partial charge on any atom is -0.508 e. The maximum atomic E-state index is 12.7. The Bertz CT molecular complexity index is 880.